The standard InChI is InChI=1S/C14H21N3O2S2/c1-16-9-5-6-11(16)10-17(2)21(18,19)13-8-4-3-7-12(13)14(15)20/h3-4,7-8,11H,5-6,9-10H2,1-2H3,(H2,15,20). The molecule has 5 nitrogen and oxygen atoms in total. The van der Waals surface area contributed by atoms with Crippen LogP contribution in [0.25, 0.3) is 0 Å². The van der Waals surface area contributed by atoms with Gasteiger partial charge in [-0.2, -0.15) is 4.31 Å². The minimum Gasteiger partial charge on any atom is -0.389 e. The molecule has 21 heavy (non-hydrogen) atoms. The highest BCUT2D eigenvalue weighted by Crippen LogP contribution is 2.22. The van der Waals surface area contributed by atoms with Gasteiger partial charge in [-0.05, 0) is 32.5 Å². The molecule has 1 unspecified atom stereocenters. The highest BCUT2D eigenvalue weighted by Gasteiger charge is 2.29. The first kappa shape index (κ1) is 16.4. The highest BCUT2D eigenvalue weighted by atomic mass is 32.2. The van der Waals surface area contributed by atoms with Crippen LogP contribution in [-0.4, -0.2) is 55.8 Å². The van der Waals surface area contributed by atoms with Crippen LogP contribution >= 0.6 is 12.2 Å². The first-order chi connectivity index (χ1) is 9.84. The molecule has 0 aliphatic carbocycles. The normalized spacial score (nSPS) is 20.0. The summed E-state index contributed by atoms with van der Waals surface area (Å²) >= 11 is 4.95. The lowest BCUT2D eigenvalue weighted by atomic mass is 10.2. The molecule has 7 heteroatoms. The van der Waals surface area contributed by atoms with Gasteiger partial charge in [0.15, 0.2) is 0 Å². The molecule has 116 valence electrons. The van der Waals surface area contributed by atoms with Gasteiger partial charge in [-0.25, -0.2) is 8.42 Å². The van der Waals surface area contributed by atoms with E-state index in [1.165, 1.54) is 4.31 Å². The van der Waals surface area contributed by atoms with E-state index < -0.39 is 10.0 Å². The summed E-state index contributed by atoms with van der Waals surface area (Å²) in [7, 11) is 0.0514. The van der Waals surface area contributed by atoms with Gasteiger partial charge in [0.25, 0.3) is 0 Å². The number of thiocarbonyl (C=S) groups is 1. The van der Waals surface area contributed by atoms with Gasteiger partial charge < -0.3 is 10.6 Å². The number of nitrogens with zero attached hydrogens (tertiary/aromatic N) is 2. The Balaban J connectivity index is 2.27. The lowest BCUT2D eigenvalue weighted by molar-refractivity contribution is 0.271. The molecule has 0 spiro atoms. The lowest BCUT2D eigenvalue weighted by Crippen LogP contribution is -2.40. The van der Waals surface area contributed by atoms with Crippen LogP contribution in [0, 0.1) is 0 Å². The van der Waals surface area contributed by atoms with Crippen LogP contribution in [0.1, 0.15) is 18.4 Å². The summed E-state index contributed by atoms with van der Waals surface area (Å²) in [5.74, 6) is 0. The van der Waals surface area contributed by atoms with Crippen molar-refractivity contribution in [3.05, 3.63) is 29.8 Å². The molecule has 1 aromatic rings. The zero-order chi connectivity index (χ0) is 15.6. The van der Waals surface area contributed by atoms with Gasteiger partial charge in [0, 0.05) is 25.2 Å². The third kappa shape index (κ3) is 3.42. The zero-order valence-electron chi connectivity index (χ0n) is 12.3. The second kappa shape index (κ2) is 6.39. The quantitative estimate of drug-likeness (QED) is 0.819. The van der Waals surface area contributed by atoms with Crippen molar-refractivity contribution in [1.82, 2.24) is 9.21 Å². The molecule has 1 saturated heterocycles. The summed E-state index contributed by atoms with van der Waals surface area (Å²) in [4.78, 5) is 2.48. The number of nitrogens with two attached hydrogens (primary N) is 1. The Bertz CT molecular complexity index is 631. The van der Waals surface area contributed by atoms with Gasteiger partial charge in [-0.3, -0.25) is 0 Å². The van der Waals surface area contributed by atoms with Gasteiger partial charge >= 0.3 is 0 Å². The van der Waals surface area contributed by atoms with Crippen molar-refractivity contribution in [1.29, 1.82) is 0 Å². The van der Waals surface area contributed by atoms with E-state index in [-0.39, 0.29) is 15.9 Å². The van der Waals surface area contributed by atoms with Gasteiger partial charge in [-0.1, -0.05) is 30.4 Å². The van der Waals surface area contributed by atoms with Crippen LogP contribution in [-0.2, 0) is 10.0 Å². The Morgan fingerprint density at radius 2 is 2.14 bits per heavy atom. The van der Waals surface area contributed by atoms with Crippen LogP contribution in [0.4, 0.5) is 0 Å². The molecule has 1 fully saturated rings. The molecule has 0 amide bonds. The van der Waals surface area contributed by atoms with Crippen molar-refractivity contribution in [3.8, 4) is 0 Å². The summed E-state index contributed by atoms with van der Waals surface area (Å²) in [5, 5.41) is 0. The third-order valence-electron chi connectivity index (χ3n) is 3.98. The van der Waals surface area contributed by atoms with Crippen molar-refractivity contribution in [2.24, 2.45) is 5.73 Å². The molecule has 0 bridgehead atoms. The molecular formula is C14H21N3O2S2. The average molecular weight is 327 g/mol. The van der Waals surface area contributed by atoms with Crippen molar-refractivity contribution in [2.75, 3.05) is 27.2 Å². The van der Waals surface area contributed by atoms with E-state index in [1.54, 1.807) is 31.3 Å². The number of rotatable bonds is 5. The van der Waals surface area contributed by atoms with Crippen molar-refractivity contribution < 1.29 is 8.42 Å². The fraction of sp³-hybridized carbons (Fsp3) is 0.500. The maximum atomic E-state index is 12.7. The number of benzene rings is 1. The summed E-state index contributed by atoms with van der Waals surface area (Å²) in [5.41, 5.74) is 6.04. The van der Waals surface area contributed by atoms with Crippen LogP contribution in [0.2, 0.25) is 0 Å². The van der Waals surface area contributed by atoms with Gasteiger partial charge in [0.05, 0.1) is 4.90 Å². The van der Waals surface area contributed by atoms with Gasteiger partial charge in [0.2, 0.25) is 10.0 Å². The minimum absolute atomic E-state index is 0.0977. The van der Waals surface area contributed by atoms with Crippen LogP contribution in [0.15, 0.2) is 29.2 Å². The second-order valence-electron chi connectivity index (χ2n) is 5.42. The SMILES string of the molecule is CN1CCCC1CN(C)S(=O)(=O)c1ccccc1C(N)=S. The van der Waals surface area contributed by atoms with E-state index in [4.69, 9.17) is 18.0 Å². The van der Waals surface area contributed by atoms with Gasteiger partial charge in [0.1, 0.15) is 4.99 Å². The summed E-state index contributed by atoms with van der Waals surface area (Å²) in [6, 6.07) is 6.88. The van der Waals surface area contributed by atoms with Crippen LogP contribution in [0.3, 0.4) is 0 Å². The van der Waals surface area contributed by atoms with Crippen molar-refractivity contribution in [2.45, 2.75) is 23.8 Å². The molecule has 2 rings (SSSR count). The monoisotopic (exact) mass is 327 g/mol. The first-order valence-corrected chi connectivity index (χ1v) is 8.74. The van der Waals surface area contributed by atoms with E-state index in [0.717, 1.165) is 19.4 Å². The summed E-state index contributed by atoms with van der Waals surface area (Å²) in [6.07, 6.45) is 2.13. The molecule has 0 saturated carbocycles. The smallest absolute Gasteiger partial charge is 0.243 e. The topological polar surface area (TPSA) is 66.6 Å². The highest BCUT2D eigenvalue weighted by molar-refractivity contribution is 7.89. The molecule has 0 aromatic heterocycles. The van der Waals surface area contributed by atoms with E-state index >= 15 is 0 Å². The van der Waals surface area contributed by atoms with Crippen LogP contribution < -0.4 is 5.73 Å². The van der Waals surface area contributed by atoms with E-state index in [2.05, 4.69) is 4.90 Å². The number of hydrogen-bond acceptors (Lipinski definition) is 4. The minimum atomic E-state index is -3.59. The molecule has 1 atom stereocenters. The lowest BCUT2D eigenvalue weighted by Gasteiger charge is -2.26. The van der Waals surface area contributed by atoms with Gasteiger partial charge in [-0.15, -0.1) is 0 Å². The fourth-order valence-electron chi connectivity index (χ4n) is 2.67. The average Bonchev–Trinajstić information content (AvgIpc) is 2.84. The molecule has 1 aliphatic heterocycles. The number of likely N-dealkylation sites (N-methyl/N-ethyl adjacent to an activating group) is 2. The van der Waals surface area contributed by atoms with E-state index in [1.807, 2.05) is 7.05 Å². The number of sulfonamides is 1. The second-order valence-corrected chi connectivity index (χ2v) is 7.88. The molecule has 1 heterocycles. The predicted octanol–water partition coefficient (Wildman–Crippen LogP) is 1.04. The Morgan fingerprint density at radius 1 is 1.48 bits per heavy atom. The Hall–Kier alpha value is -1.02. The molecule has 1 aliphatic rings. The van der Waals surface area contributed by atoms with Crippen molar-refractivity contribution in [3.63, 3.8) is 0 Å². The number of hydrogen-bond donors (Lipinski definition) is 1. The molecule has 2 N–H and O–H groups in total. The predicted molar refractivity (Wildman–Crippen MR) is 87.8 cm³/mol. The summed E-state index contributed by atoms with van der Waals surface area (Å²) in [6.45, 7) is 1.49. The summed E-state index contributed by atoms with van der Waals surface area (Å²) < 4.78 is 26.9. The maximum Gasteiger partial charge on any atom is 0.243 e. The van der Waals surface area contributed by atoms with Crippen molar-refractivity contribution >= 4 is 27.2 Å². The Kier molecular flexibility index (Phi) is 4.98. The third-order valence-corrected chi connectivity index (χ3v) is 6.08. The van der Waals surface area contributed by atoms with E-state index in [9.17, 15) is 8.42 Å². The Morgan fingerprint density at radius 3 is 2.71 bits per heavy atom. The molecule has 0 radical (unpaired) electrons. The van der Waals surface area contributed by atoms with E-state index in [0.29, 0.717) is 12.1 Å². The maximum absolute atomic E-state index is 12.7. The Labute approximate surface area is 131 Å². The van der Waals surface area contributed by atoms with Crippen LogP contribution in [0.5, 0.6) is 0 Å². The number of likely N-dealkylation sites (tertiary alicyclic amines) is 1. The fourth-order valence-corrected chi connectivity index (χ4v) is 4.32. The largest absolute Gasteiger partial charge is 0.389 e. The zero-order valence-corrected chi connectivity index (χ0v) is 14.0. The molecular weight excluding hydrogens is 306 g/mol. The molecule has 1 aromatic carbocycles. The first-order valence-electron chi connectivity index (χ1n) is 6.89.